The van der Waals surface area contributed by atoms with E-state index in [1.807, 2.05) is 0 Å². The Morgan fingerprint density at radius 3 is 2.89 bits per heavy atom. The lowest BCUT2D eigenvalue weighted by molar-refractivity contribution is -0.127. The zero-order valence-corrected chi connectivity index (χ0v) is 11.4. The zero-order chi connectivity index (χ0) is 12.8. The van der Waals surface area contributed by atoms with E-state index >= 15 is 0 Å². The lowest BCUT2D eigenvalue weighted by Crippen LogP contribution is -2.54. The van der Waals surface area contributed by atoms with E-state index < -0.39 is 0 Å². The minimum Gasteiger partial charge on any atom is -0.378 e. The molecule has 4 fully saturated rings. The fourth-order valence-corrected chi connectivity index (χ4v) is 5.25. The van der Waals surface area contributed by atoms with Gasteiger partial charge in [-0.1, -0.05) is 6.42 Å². The molecule has 1 heterocycles. The first-order chi connectivity index (χ1) is 9.33. The summed E-state index contributed by atoms with van der Waals surface area (Å²) >= 11 is 0. The molecule has 3 saturated carbocycles. The number of morpholine rings is 1. The van der Waals surface area contributed by atoms with Gasteiger partial charge in [0.15, 0.2) is 0 Å². The molecule has 0 aromatic heterocycles. The molecule has 4 heteroatoms. The molecule has 6 atom stereocenters. The fourth-order valence-electron chi connectivity index (χ4n) is 5.25. The maximum absolute atomic E-state index is 12.3. The van der Waals surface area contributed by atoms with Crippen molar-refractivity contribution in [3.05, 3.63) is 0 Å². The van der Waals surface area contributed by atoms with Gasteiger partial charge in [0, 0.05) is 12.6 Å². The van der Waals surface area contributed by atoms with Gasteiger partial charge in [0.2, 0.25) is 5.91 Å². The van der Waals surface area contributed by atoms with Gasteiger partial charge in [-0.3, -0.25) is 4.79 Å². The van der Waals surface area contributed by atoms with Crippen molar-refractivity contribution in [3.8, 4) is 0 Å². The first-order valence-electron chi connectivity index (χ1n) is 7.94. The van der Waals surface area contributed by atoms with Gasteiger partial charge in [0.25, 0.3) is 0 Å². The van der Waals surface area contributed by atoms with Crippen LogP contribution in [0.15, 0.2) is 0 Å². The van der Waals surface area contributed by atoms with Crippen LogP contribution in [0.1, 0.15) is 32.1 Å². The molecule has 19 heavy (non-hydrogen) atoms. The monoisotopic (exact) mass is 264 g/mol. The van der Waals surface area contributed by atoms with Gasteiger partial charge in [-0.15, -0.1) is 0 Å². The second kappa shape index (κ2) is 4.74. The summed E-state index contributed by atoms with van der Waals surface area (Å²) in [4.78, 5) is 12.3. The molecule has 1 saturated heterocycles. The number of hydrogen-bond acceptors (Lipinski definition) is 3. The Morgan fingerprint density at radius 1 is 1.16 bits per heavy atom. The molecule has 3 aliphatic carbocycles. The SMILES string of the molecule is O=C(NC1CC2CC1C1CCCC21)C1COCCN1. The van der Waals surface area contributed by atoms with Crippen molar-refractivity contribution in [3.63, 3.8) is 0 Å². The first-order valence-corrected chi connectivity index (χ1v) is 7.94. The maximum atomic E-state index is 12.3. The van der Waals surface area contributed by atoms with Crippen LogP contribution in [0.4, 0.5) is 0 Å². The number of nitrogens with one attached hydrogen (secondary N) is 2. The highest BCUT2D eigenvalue weighted by Gasteiger charge is 2.54. The van der Waals surface area contributed by atoms with Gasteiger partial charge in [-0.05, 0) is 49.4 Å². The van der Waals surface area contributed by atoms with Crippen molar-refractivity contribution in [2.24, 2.45) is 23.7 Å². The summed E-state index contributed by atoms with van der Waals surface area (Å²) in [6.07, 6.45) is 6.87. The van der Waals surface area contributed by atoms with E-state index in [-0.39, 0.29) is 11.9 Å². The second-order valence-electron chi connectivity index (χ2n) is 6.85. The summed E-state index contributed by atoms with van der Waals surface area (Å²) in [5.41, 5.74) is 0. The highest BCUT2D eigenvalue weighted by Crippen LogP contribution is 2.58. The number of ether oxygens (including phenoxy) is 1. The second-order valence-corrected chi connectivity index (χ2v) is 6.85. The van der Waals surface area contributed by atoms with Gasteiger partial charge in [0.1, 0.15) is 6.04 Å². The Kier molecular flexibility index (Phi) is 3.03. The third-order valence-corrected chi connectivity index (χ3v) is 5.99. The Labute approximate surface area is 114 Å². The Bertz CT molecular complexity index is 367. The number of carbonyl (C=O) groups is 1. The van der Waals surface area contributed by atoms with Gasteiger partial charge in [-0.2, -0.15) is 0 Å². The number of fused-ring (bicyclic) bond motifs is 5. The van der Waals surface area contributed by atoms with E-state index in [1.165, 1.54) is 32.1 Å². The van der Waals surface area contributed by atoms with Gasteiger partial charge in [-0.25, -0.2) is 0 Å². The lowest BCUT2D eigenvalue weighted by atomic mass is 9.79. The molecule has 0 spiro atoms. The van der Waals surface area contributed by atoms with E-state index in [4.69, 9.17) is 4.74 Å². The standard InChI is InChI=1S/C15H24N2O2/c18-15(14-8-19-5-4-16-14)17-13-7-9-6-12(13)11-3-1-2-10(9)11/h9-14,16H,1-8H2,(H,17,18). The summed E-state index contributed by atoms with van der Waals surface area (Å²) in [6.45, 7) is 2.04. The molecule has 0 aromatic carbocycles. The molecule has 0 aromatic rings. The van der Waals surface area contributed by atoms with E-state index in [2.05, 4.69) is 10.6 Å². The summed E-state index contributed by atoms with van der Waals surface area (Å²) in [5, 5.41) is 6.56. The predicted octanol–water partition coefficient (Wildman–Crippen LogP) is 0.916. The normalized spacial score (nSPS) is 48.2. The molecule has 2 bridgehead atoms. The lowest BCUT2D eigenvalue weighted by Gasteiger charge is -2.33. The minimum absolute atomic E-state index is 0.132. The van der Waals surface area contributed by atoms with Crippen LogP contribution in [0.5, 0.6) is 0 Å². The molecular formula is C15H24N2O2. The third kappa shape index (κ3) is 2.00. The van der Waals surface area contributed by atoms with Crippen molar-refractivity contribution in [1.29, 1.82) is 0 Å². The van der Waals surface area contributed by atoms with E-state index in [9.17, 15) is 4.79 Å². The van der Waals surface area contributed by atoms with Gasteiger partial charge in [0.05, 0.1) is 13.2 Å². The van der Waals surface area contributed by atoms with Crippen LogP contribution < -0.4 is 10.6 Å². The summed E-state index contributed by atoms with van der Waals surface area (Å²) in [7, 11) is 0. The molecular weight excluding hydrogens is 240 g/mol. The Morgan fingerprint density at radius 2 is 2.05 bits per heavy atom. The molecule has 0 radical (unpaired) electrons. The topological polar surface area (TPSA) is 50.4 Å². The van der Waals surface area contributed by atoms with Crippen LogP contribution >= 0.6 is 0 Å². The van der Waals surface area contributed by atoms with Crippen molar-refractivity contribution < 1.29 is 9.53 Å². The smallest absolute Gasteiger partial charge is 0.239 e. The van der Waals surface area contributed by atoms with Crippen LogP contribution in [0.3, 0.4) is 0 Å². The largest absolute Gasteiger partial charge is 0.378 e. The van der Waals surface area contributed by atoms with Gasteiger partial charge < -0.3 is 15.4 Å². The molecule has 1 amide bonds. The molecule has 106 valence electrons. The molecule has 4 nitrogen and oxygen atoms in total. The van der Waals surface area contributed by atoms with E-state index in [1.54, 1.807) is 0 Å². The van der Waals surface area contributed by atoms with Crippen molar-refractivity contribution in [1.82, 2.24) is 10.6 Å². The van der Waals surface area contributed by atoms with Crippen molar-refractivity contribution in [2.45, 2.75) is 44.2 Å². The molecule has 4 aliphatic rings. The summed E-state index contributed by atoms with van der Waals surface area (Å²) < 4.78 is 5.38. The summed E-state index contributed by atoms with van der Waals surface area (Å²) in [6, 6.07) is 0.313. The third-order valence-electron chi connectivity index (χ3n) is 5.99. The molecule has 4 rings (SSSR count). The fraction of sp³-hybridized carbons (Fsp3) is 0.933. The average molecular weight is 264 g/mol. The van der Waals surface area contributed by atoms with Crippen LogP contribution in [-0.2, 0) is 9.53 Å². The first kappa shape index (κ1) is 12.2. The van der Waals surface area contributed by atoms with E-state index in [0.29, 0.717) is 12.6 Å². The van der Waals surface area contributed by atoms with Gasteiger partial charge >= 0.3 is 0 Å². The van der Waals surface area contributed by atoms with Crippen molar-refractivity contribution >= 4 is 5.91 Å². The average Bonchev–Trinajstić information content (AvgIpc) is 3.11. The minimum atomic E-state index is -0.132. The zero-order valence-electron chi connectivity index (χ0n) is 11.4. The number of rotatable bonds is 2. The highest BCUT2D eigenvalue weighted by atomic mass is 16.5. The molecule has 6 unspecified atom stereocenters. The van der Waals surface area contributed by atoms with Crippen LogP contribution in [0.2, 0.25) is 0 Å². The Balaban J connectivity index is 1.37. The van der Waals surface area contributed by atoms with Crippen LogP contribution in [0.25, 0.3) is 0 Å². The quantitative estimate of drug-likeness (QED) is 0.779. The highest BCUT2D eigenvalue weighted by molar-refractivity contribution is 5.82. The predicted molar refractivity (Wildman–Crippen MR) is 71.6 cm³/mol. The number of carbonyl (C=O) groups excluding carboxylic acids is 1. The van der Waals surface area contributed by atoms with Crippen LogP contribution in [-0.4, -0.2) is 37.7 Å². The summed E-state index contributed by atoms with van der Waals surface area (Å²) in [5.74, 6) is 3.74. The number of hydrogen-bond donors (Lipinski definition) is 2. The molecule has 1 aliphatic heterocycles. The van der Waals surface area contributed by atoms with E-state index in [0.717, 1.165) is 36.8 Å². The van der Waals surface area contributed by atoms with Crippen LogP contribution in [0, 0.1) is 23.7 Å². The molecule has 2 N–H and O–H groups in total. The number of amides is 1. The maximum Gasteiger partial charge on any atom is 0.239 e. The Hall–Kier alpha value is -0.610. The van der Waals surface area contributed by atoms with Crippen molar-refractivity contribution in [2.75, 3.05) is 19.8 Å².